The van der Waals surface area contributed by atoms with Crippen LogP contribution in [-0.4, -0.2) is 37.5 Å². The van der Waals surface area contributed by atoms with Crippen LogP contribution in [0.15, 0.2) is 24.3 Å². The largest absolute Gasteiger partial charge is 0.508 e. The summed E-state index contributed by atoms with van der Waals surface area (Å²) < 4.78 is 10.5. The summed E-state index contributed by atoms with van der Waals surface area (Å²) in [6.07, 6.45) is -0.747. The molecule has 0 aliphatic rings. The molecule has 25 heavy (non-hydrogen) atoms. The zero-order valence-corrected chi connectivity index (χ0v) is 16.9. The van der Waals surface area contributed by atoms with E-state index >= 15 is 0 Å². The third-order valence-corrected chi connectivity index (χ3v) is 4.95. The lowest BCUT2D eigenvalue weighted by Crippen LogP contribution is -2.39. The van der Waals surface area contributed by atoms with Gasteiger partial charge in [-0.1, -0.05) is 37.8 Å². The van der Waals surface area contributed by atoms with Gasteiger partial charge in [-0.05, 0) is 32.9 Å². The van der Waals surface area contributed by atoms with E-state index in [1.54, 1.807) is 39.0 Å². The van der Waals surface area contributed by atoms with Gasteiger partial charge in [0.1, 0.15) is 11.4 Å². The van der Waals surface area contributed by atoms with Crippen molar-refractivity contribution in [2.45, 2.75) is 58.1 Å². The molecule has 0 spiro atoms. The van der Waals surface area contributed by atoms with Crippen LogP contribution in [0.25, 0.3) is 0 Å². The highest BCUT2D eigenvalue weighted by atomic mass is 28.3. The molecular formula is C18H29NO5Si. The summed E-state index contributed by atoms with van der Waals surface area (Å²) in [5.74, 6) is -0.712. The maximum atomic E-state index is 12.5. The summed E-state index contributed by atoms with van der Waals surface area (Å²) in [5, 5.41) is 12.5. The third kappa shape index (κ3) is 8.06. The standard InChI is InChI=1S/C18H29NO5Si/c1-18(2,3)24-17(22)19-15(13-9-7-8-10-14(13)20)16(21)23-11-12-25(4,5)6/h7-10,15,20H,11-12H2,1-6H3,(H,19,22). The van der Waals surface area contributed by atoms with Gasteiger partial charge in [-0.25, -0.2) is 9.59 Å². The minimum atomic E-state index is -1.35. The number of aromatic hydroxyl groups is 1. The van der Waals surface area contributed by atoms with Gasteiger partial charge in [0.2, 0.25) is 0 Å². The number of benzene rings is 1. The molecule has 1 aromatic rings. The van der Waals surface area contributed by atoms with Crippen LogP contribution in [0.4, 0.5) is 4.79 Å². The molecule has 1 atom stereocenters. The lowest BCUT2D eigenvalue weighted by atomic mass is 10.1. The van der Waals surface area contributed by atoms with E-state index in [1.165, 1.54) is 6.07 Å². The number of esters is 1. The van der Waals surface area contributed by atoms with Crippen molar-refractivity contribution in [2.75, 3.05) is 6.61 Å². The molecule has 0 aromatic heterocycles. The van der Waals surface area contributed by atoms with E-state index < -0.39 is 31.8 Å². The van der Waals surface area contributed by atoms with Crippen molar-refractivity contribution < 1.29 is 24.2 Å². The van der Waals surface area contributed by atoms with E-state index in [4.69, 9.17) is 9.47 Å². The molecule has 0 fully saturated rings. The number of nitrogens with one attached hydrogen (secondary N) is 1. The van der Waals surface area contributed by atoms with E-state index in [2.05, 4.69) is 25.0 Å². The van der Waals surface area contributed by atoms with Crippen LogP contribution in [0.3, 0.4) is 0 Å². The molecule has 7 heteroatoms. The molecule has 1 unspecified atom stereocenters. The number of para-hydroxylation sites is 1. The van der Waals surface area contributed by atoms with Crippen molar-refractivity contribution in [3.63, 3.8) is 0 Å². The van der Waals surface area contributed by atoms with Crippen LogP contribution >= 0.6 is 0 Å². The van der Waals surface area contributed by atoms with Crippen molar-refractivity contribution in [2.24, 2.45) is 0 Å². The molecule has 6 nitrogen and oxygen atoms in total. The molecule has 1 rings (SSSR count). The topological polar surface area (TPSA) is 84.9 Å². The Labute approximate surface area is 150 Å². The Balaban J connectivity index is 2.90. The van der Waals surface area contributed by atoms with Crippen molar-refractivity contribution in [1.29, 1.82) is 0 Å². The van der Waals surface area contributed by atoms with Gasteiger partial charge in [0.25, 0.3) is 0 Å². The van der Waals surface area contributed by atoms with Crippen molar-refractivity contribution in [3.05, 3.63) is 29.8 Å². The number of rotatable bonds is 6. The second-order valence-corrected chi connectivity index (χ2v) is 13.7. The van der Waals surface area contributed by atoms with Crippen LogP contribution in [0.5, 0.6) is 5.75 Å². The molecule has 0 saturated carbocycles. The number of carbonyl (C=O) groups is 2. The average Bonchev–Trinajstić information content (AvgIpc) is 2.42. The van der Waals surface area contributed by atoms with E-state index in [-0.39, 0.29) is 17.9 Å². The molecule has 0 bridgehead atoms. The fourth-order valence-electron chi connectivity index (χ4n) is 1.96. The van der Waals surface area contributed by atoms with E-state index in [0.717, 1.165) is 6.04 Å². The molecule has 0 aliphatic heterocycles. The summed E-state index contributed by atoms with van der Waals surface area (Å²) in [6, 6.07) is 6.02. The van der Waals surface area contributed by atoms with Crippen LogP contribution < -0.4 is 5.32 Å². The Morgan fingerprint density at radius 1 is 1.20 bits per heavy atom. The number of amides is 1. The molecular weight excluding hydrogens is 338 g/mol. The first-order chi connectivity index (χ1) is 11.4. The first-order valence-corrected chi connectivity index (χ1v) is 12.0. The molecule has 0 radical (unpaired) electrons. The molecule has 0 aliphatic carbocycles. The number of phenols is 1. The second-order valence-electron chi connectivity index (χ2n) is 8.12. The number of alkyl carbamates (subject to hydrolysis) is 1. The Morgan fingerprint density at radius 3 is 2.32 bits per heavy atom. The van der Waals surface area contributed by atoms with Gasteiger partial charge in [0.15, 0.2) is 6.04 Å². The van der Waals surface area contributed by atoms with Gasteiger partial charge >= 0.3 is 12.1 Å². The highest BCUT2D eigenvalue weighted by Crippen LogP contribution is 2.25. The smallest absolute Gasteiger partial charge is 0.408 e. The van der Waals surface area contributed by atoms with Crippen LogP contribution in [0, 0.1) is 0 Å². The van der Waals surface area contributed by atoms with Crippen LogP contribution in [0.1, 0.15) is 32.4 Å². The molecule has 0 heterocycles. The van der Waals surface area contributed by atoms with Gasteiger partial charge in [0, 0.05) is 13.6 Å². The van der Waals surface area contributed by atoms with Gasteiger partial charge in [-0.2, -0.15) is 0 Å². The Kier molecular flexibility index (Phi) is 7.04. The van der Waals surface area contributed by atoms with Gasteiger partial charge < -0.3 is 19.9 Å². The Hall–Kier alpha value is -2.02. The van der Waals surface area contributed by atoms with Crippen LogP contribution in [-0.2, 0) is 14.3 Å². The van der Waals surface area contributed by atoms with Crippen molar-refractivity contribution >= 4 is 20.1 Å². The summed E-state index contributed by atoms with van der Waals surface area (Å²) in [7, 11) is -1.35. The van der Waals surface area contributed by atoms with Gasteiger partial charge in [-0.3, -0.25) is 0 Å². The summed E-state index contributed by atoms with van der Waals surface area (Å²) in [6.45, 7) is 12.0. The SMILES string of the molecule is CC(C)(C)OC(=O)NC(C(=O)OCC[Si](C)(C)C)c1ccccc1O. The zero-order chi connectivity index (χ0) is 19.3. The first kappa shape index (κ1) is 21.0. The number of hydrogen-bond acceptors (Lipinski definition) is 5. The lowest BCUT2D eigenvalue weighted by Gasteiger charge is -2.24. The summed E-state index contributed by atoms with van der Waals surface area (Å²) in [5.41, 5.74) is -0.430. The van der Waals surface area contributed by atoms with Gasteiger partial charge in [0.05, 0.1) is 6.61 Å². The van der Waals surface area contributed by atoms with Gasteiger partial charge in [-0.15, -0.1) is 0 Å². The zero-order valence-electron chi connectivity index (χ0n) is 15.9. The normalized spacial score (nSPS) is 13.0. The quantitative estimate of drug-likeness (QED) is 0.589. The molecule has 0 saturated heterocycles. The van der Waals surface area contributed by atoms with Crippen LogP contribution in [0.2, 0.25) is 25.7 Å². The lowest BCUT2D eigenvalue weighted by molar-refractivity contribution is -0.145. The second kappa shape index (κ2) is 8.38. The average molecular weight is 368 g/mol. The highest BCUT2D eigenvalue weighted by Gasteiger charge is 2.29. The highest BCUT2D eigenvalue weighted by molar-refractivity contribution is 6.76. The molecule has 2 N–H and O–H groups in total. The van der Waals surface area contributed by atoms with Crippen molar-refractivity contribution in [1.82, 2.24) is 5.32 Å². The molecule has 1 amide bonds. The minimum Gasteiger partial charge on any atom is -0.508 e. The number of carbonyl (C=O) groups excluding carboxylic acids is 2. The molecule has 140 valence electrons. The number of ether oxygens (including phenoxy) is 2. The summed E-state index contributed by atoms with van der Waals surface area (Å²) in [4.78, 5) is 24.6. The van der Waals surface area contributed by atoms with E-state index in [1.807, 2.05) is 0 Å². The summed E-state index contributed by atoms with van der Waals surface area (Å²) >= 11 is 0. The fraction of sp³-hybridized carbons (Fsp3) is 0.556. The number of phenolic OH excluding ortho intramolecular Hbond substituents is 1. The maximum Gasteiger partial charge on any atom is 0.408 e. The Bertz CT molecular complexity index is 604. The fourth-order valence-corrected chi connectivity index (χ4v) is 2.68. The first-order valence-electron chi connectivity index (χ1n) is 8.33. The van der Waals surface area contributed by atoms with E-state index in [0.29, 0.717) is 0 Å². The maximum absolute atomic E-state index is 12.5. The van der Waals surface area contributed by atoms with Crippen molar-refractivity contribution in [3.8, 4) is 5.75 Å². The molecule has 1 aromatic carbocycles. The minimum absolute atomic E-state index is 0.0919. The predicted octanol–water partition coefficient (Wildman–Crippen LogP) is 3.84. The predicted molar refractivity (Wildman–Crippen MR) is 99.3 cm³/mol. The third-order valence-electron chi connectivity index (χ3n) is 3.24. The van der Waals surface area contributed by atoms with E-state index in [9.17, 15) is 14.7 Å². The Morgan fingerprint density at radius 2 is 1.80 bits per heavy atom. The number of hydrogen-bond donors (Lipinski definition) is 2. The monoisotopic (exact) mass is 367 g/mol.